The lowest BCUT2D eigenvalue weighted by Crippen LogP contribution is -2.48. The van der Waals surface area contributed by atoms with Crippen molar-refractivity contribution in [2.45, 2.75) is 25.6 Å². The summed E-state index contributed by atoms with van der Waals surface area (Å²) in [6.07, 6.45) is 1.42. The minimum Gasteiger partial charge on any atom is -0.507 e. The summed E-state index contributed by atoms with van der Waals surface area (Å²) in [5.41, 5.74) is 1.11. The number of carbonyl (C=O) groups excluding carboxylic acids is 1. The summed E-state index contributed by atoms with van der Waals surface area (Å²) in [5, 5.41) is 20.6. The van der Waals surface area contributed by atoms with E-state index in [-0.39, 0.29) is 17.1 Å². The van der Waals surface area contributed by atoms with Crippen LogP contribution in [0.5, 0.6) is 11.5 Å². The van der Waals surface area contributed by atoms with Gasteiger partial charge in [0.05, 0.1) is 12.9 Å². The van der Waals surface area contributed by atoms with Crippen LogP contribution in [0.1, 0.15) is 34.3 Å². The molecule has 0 bridgehead atoms. The second-order valence-corrected chi connectivity index (χ2v) is 6.62. The highest BCUT2D eigenvalue weighted by Gasteiger charge is 2.48. The SMILES string of the molecule is COc1cc(O)c2c(c1C)C(C)C(O)(CS(C)=O)OC2=O. The molecule has 3 atom stereocenters. The van der Waals surface area contributed by atoms with E-state index in [2.05, 4.69) is 0 Å². The van der Waals surface area contributed by atoms with Gasteiger partial charge in [-0.15, -0.1) is 0 Å². The van der Waals surface area contributed by atoms with Crippen molar-refractivity contribution in [1.82, 2.24) is 0 Å². The van der Waals surface area contributed by atoms with Gasteiger partial charge in [0.2, 0.25) is 5.79 Å². The molecule has 6 nitrogen and oxygen atoms in total. The zero-order valence-corrected chi connectivity index (χ0v) is 13.1. The maximum atomic E-state index is 12.1. The van der Waals surface area contributed by atoms with Crippen LogP contribution in [0, 0.1) is 6.92 Å². The molecule has 1 aliphatic heterocycles. The third-order valence-corrected chi connectivity index (χ3v) is 4.60. The molecule has 0 saturated heterocycles. The molecule has 0 fully saturated rings. The predicted molar refractivity (Wildman–Crippen MR) is 77.1 cm³/mol. The molecule has 0 aromatic heterocycles. The average Bonchev–Trinajstić information content (AvgIpc) is 2.37. The van der Waals surface area contributed by atoms with Gasteiger partial charge >= 0.3 is 5.97 Å². The number of esters is 1. The number of methoxy groups -OCH3 is 1. The van der Waals surface area contributed by atoms with Crippen LogP contribution < -0.4 is 4.74 Å². The minimum absolute atomic E-state index is 0.0207. The Morgan fingerprint density at radius 3 is 2.67 bits per heavy atom. The first kappa shape index (κ1) is 15.8. The van der Waals surface area contributed by atoms with Gasteiger partial charge in [-0.1, -0.05) is 6.92 Å². The van der Waals surface area contributed by atoms with Crippen molar-refractivity contribution in [1.29, 1.82) is 0 Å². The van der Waals surface area contributed by atoms with E-state index in [1.54, 1.807) is 13.8 Å². The van der Waals surface area contributed by atoms with Gasteiger partial charge in [-0.2, -0.15) is 0 Å². The van der Waals surface area contributed by atoms with E-state index in [9.17, 15) is 19.2 Å². The Morgan fingerprint density at radius 1 is 1.52 bits per heavy atom. The number of ether oxygens (including phenoxy) is 2. The van der Waals surface area contributed by atoms with E-state index in [0.29, 0.717) is 16.9 Å². The summed E-state index contributed by atoms with van der Waals surface area (Å²) in [7, 11) is 0.0967. The number of fused-ring (bicyclic) bond motifs is 1. The topological polar surface area (TPSA) is 93.1 Å². The third-order valence-electron chi connectivity index (χ3n) is 3.78. The molecule has 21 heavy (non-hydrogen) atoms. The number of aromatic hydroxyl groups is 1. The molecule has 3 unspecified atom stereocenters. The van der Waals surface area contributed by atoms with Crippen LogP contribution in [-0.4, -0.2) is 45.3 Å². The Hall–Kier alpha value is -1.60. The maximum absolute atomic E-state index is 12.1. The van der Waals surface area contributed by atoms with Crippen LogP contribution in [0.25, 0.3) is 0 Å². The Bertz CT molecular complexity index is 626. The molecule has 116 valence electrons. The predicted octanol–water partition coefficient (Wildman–Crippen LogP) is 1.05. The van der Waals surface area contributed by atoms with Crippen molar-refractivity contribution >= 4 is 16.8 Å². The van der Waals surface area contributed by atoms with Crippen LogP contribution in [0.2, 0.25) is 0 Å². The average molecular weight is 314 g/mol. The number of rotatable bonds is 3. The van der Waals surface area contributed by atoms with E-state index < -0.39 is 28.5 Å². The third kappa shape index (κ3) is 2.51. The molecule has 0 amide bonds. The molecule has 0 radical (unpaired) electrons. The fourth-order valence-corrected chi connectivity index (χ4v) is 3.59. The number of hydrogen-bond donors (Lipinski definition) is 2. The largest absolute Gasteiger partial charge is 0.507 e. The van der Waals surface area contributed by atoms with Gasteiger partial charge in [0.1, 0.15) is 17.1 Å². The normalized spacial score (nSPS) is 26.0. The lowest BCUT2D eigenvalue weighted by molar-refractivity contribution is -0.166. The van der Waals surface area contributed by atoms with Crippen molar-refractivity contribution in [3.63, 3.8) is 0 Å². The first-order valence-corrected chi connectivity index (χ1v) is 8.10. The zero-order chi connectivity index (χ0) is 15.9. The number of aliphatic hydroxyl groups is 1. The highest BCUT2D eigenvalue weighted by Crippen LogP contribution is 2.45. The summed E-state index contributed by atoms with van der Waals surface area (Å²) in [5.74, 6) is -3.39. The molecule has 0 saturated carbocycles. The Morgan fingerprint density at radius 2 is 2.14 bits per heavy atom. The second kappa shape index (κ2) is 5.31. The Kier molecular flexibility index (Phi) is 3.99. The standard InChI is InChI=1S/C14H18O6S/c1-7-10(19-3)5-9(15)12-11(7)8(2)14(17,6-21(4)18)20-13(12)16/h5,8,15,17H,6H2,1-4H3. The van der Waals surface area contributed by atoms with Crippen molar-refractivity contribution in [3.8, 4) is 11.5 Å². The van der Waals surface area contributed by atoms with E-state index in [1.165, 1.54) is 19.4 Å². The van der Waals surface area contributed by atoms with Gasteiger partial charge in [-0.3, -0.25) is 4.21 Å². The number of phenolic OH excluding ortho intramolecular Hbond substituents is 1. The van der Waals surface area contributed by atoms with Crippen molar-refractivity contribution in [2.24, 2.45) is 0 Å². The second-order valence-electron chi connectivity index (χ2n) is 5.19. The van der Waals surface area contributed by atoms with Crippen molar-refractivity contribution in [2.75, 3.05) is 19.1 Å². The number of phenols is 1. The van der Waals surface area contributed by atoms with Crippen LogP contribution >= 0.6 is 0 Å². The summed E-state index contributed by atoms with van der Waals surface area (Å²) < 4.78 is 21.7. The van der Waals surface area contributed by atoms with Gasteiger partial charge in [0.15, 0.2) is 0 Å². The fraction of sp³-hybridized carbons (Fsp3) is 0.500. The molecule has 2 N–H and O–H groups in total. The summed E-state index contributed by atoms with van der Waals surface area (Å²) in [6, 6.07) is 1.34. The highest BCUT2D eigenvalue weighted by atomic mass is 32.2. The summed E-state index contributed by atoms with van der Waals surface area (Å²) >= 11 is 0. The van der Waals surface area contributed by atoms with Crippen LogP contribution in [0.15, 0.2) is 6.07 Å². The van der Waals surface area contributed by atoms with Crippen molar-refractivity contribution < 1.29 is 28.7 Å². The minimum atomic E-state index is -1.87. The van der Waals surface area contributed by atoms with Gasteiger partial charge in [0.25, 0.3) is 0 Å². The van der Waals surface area contributed by atoms with E-state index >= 15 is 0 Å². The lowest BCUT2D eigenvalue weighted by atomic mass is 9.83. The number of hydrogen-bond acceptors (Lipinski definition) is 6. The lowest BCUT2D eigenvalue weighted by Gasteiger charge is -2.38. The molecule has 2 rings (SSSR count). The maximum Gasteiger partial charge on any atom is 0.344 e. The molecular weight excluding hydrogens is 296 g/mol. The first-order chi connectivity index (χ1) is 9.71. The fourth-order valence-electron chi connectivity index (χ4n) is 2.70. The molecule has 7 heteroatoms. The number of benzene rings is 1. The number of carbonyl (C=O) groups is 1. The van der Waals surface area contributed by atoms with Crippen LogP contribution in [0.4, 0.5) is 0 Å². The van der Waals surface area contributed by atoms with Gasteiger partial charge < -0.3 is 19.7 Å². The summed E-state index contributed by atoms with van der Waals surface area (Å²) in [6.45, 7) is 3.39. The summed E-state index contributed by atoms with van der Waals surface area (Å²) in [4.78, 5) is 12.1. The Labute approximate surface area is 125 Å². The van der Waals surface area contributed by atoms with E-state index in [1.807, 2.05) is 0 Å². The molecule has 1 aliphatic rings. The molecule has 1 aromatic rings. The molecule has 1 aromatic carbocycles. The van der Waals surface area contributed by atoms with Crippen LogP contribution in [-0.2, 0) is 15.5 Å². The van der Waals surface area contributed by atoms with Gasteiger partial charge in [-0.25, -0.2) is 4.79 Å². The Balaban J connectivity index is 2.67. The van der Waals surface area contributed by atoms with Crippen molar-refractivity contribution in [3.05, 3.63) is 22.8 Å². The number of cyclic esters (lactones) is 1. The highest BCUT2D eigenvalue weighted by molar-refractivity contribution is 7.84. The van der Waals surface area contributed by atoms with E-state index in [0.717, 1.165) is 0 Å². The molecule has 0 spiro atoms. The van der Waals surface area contributed by atoms with Gasteiger partial charge in [0, 0.05) is 29.0 Å². The quantitative estimate of drug-likeness (QED) is 0.810. The van der Waals surface area contributed by atoms with E-state index in [4.69, 9.17) is 9.47 Å². The van der Waals surface area contributed by atoms with Gasteiger partial charge in [-0.05, 0) is 18.1 Å². The zero-order valence-electron chi connectivity index (χ0n) is 12.3. The molecule has 0 aliphatic carbocycles. The molecule has 1 heterocycles. The smallest absolute Gasteiger partial charge is 0.344 e. The molecular formula is C14H18O6S. The first-order valence-electron chi connectivity index (χ1n) is 6.37. The van der Waals surface area contributed by atoms with Crippen LogP contribution in [0.3, 0.4) is 0 Å². The monoisotopic (exact) mass is 314 g/mol.